The average Bonchev–Trinajstić information content (AvgIpc) is 2.88. The van der Waals surface area contributed by atoms with Crippen molar-refractivity contribution in [2.24, 2.45) is 0 Å². The highest BCUT2D eigenvalue weighted by molar-refractivity contribution is 7.91. The molecule has 1 atom stereocenters. The maximum Gasteiger partial charge on any atom is 0.336 e. The first-order valence-electron chi connectivity index (χ1n) is 5.99. The molecular formula is C11H14N2O5S2. The van der Waals surface area contributed by atoms with Gasteiger partial charge >= 0.3 is 5.97 Å². The number of nitrogens with zero attached hydrogens (tertiary/aromatic N) is 1. The van der Waals surface area contributed by atoms with Gasteiger partial charge in [0.2, 0.25) is 5.91 Å². The molecule has 1 aromatic heterocycles. The molecule has 110 valence electrons. The fourth-order valence-electron chi connectivity index (χ4n) is 2.05. The number of hydrogen-bond donors (Lipinski definition) is 2. The highest BCUT2D eigenvalue weighted by Crippen LogP contribution is 2.26. The molecule has 9 heteroatoms. The van der Waals surface area contributed by atoms with E-state index in [1.165, 1.54) is 5.38 Å². The summed E-state index contributed by atoms with van der Waals surface area (Å²) in [7, 11) is -3.84. The number of carboxylic acid groups (broad SMARTS) is 1. The predicted molar refractivity (Wildman–Crippen MR) is 72.3 cm³/mol. The van der Waals surface area contributed by atoms with E-state index in [9.17, 15) is 18.0 Å². The third-order valence-electron chi connectivity index (χ3n) is 3.05. The average molecular weight is 318 g/mol. The zero-order valence-electron chi connectivity index (χ0n) is 10.7. The summed E-state index contributed by atoms with van der Waals surface area (Å²) in [5.41, 5.74) is -0.0666. The number of rotatable bonds is 4. The van der Waals surface area contributed by atoms with Crippen LogP contribution in [0.5, 0.6) is 0 Å². The Morgan fingerprint density at radius 2 is 2.30 bits per heavy atom. The summed E-state index contributed by atoms with van der Waals surface area (Å²) in [6, 6.07) is 0.380. The molecule has 20 heavy (non-hydrogen) atoms. The van der Waals surface area contributed by atoms with Gasteiger partial charge in [0.15, 0.2) is 0 Å². The van der Waals surface area contributed by atoms with Gasteiger partial charge in [-0.25, -0.2) is 13.2 Å². The van der Waals surface area contributed by atoms with Crippen LogP contribution in [0.3, 0.4) is 0 Å². The molecule has 1 aliphatic rings. The van der Waals surface area contributed by atoms with Crippen LogP contribution in [0.1, 0.15) is 23.7 Å². The Morgan fingerprint density at radius 3 is 2.85 bits per heavy atom. The van der Waals surface area contributed by atoms with Crippen molar-refractivity contribution in [3.63, 3.8) is 0 Å². The molecular weight excluding hydrogens is 304 g/mol. The zero-order valence-corrected chi connectivity index (χ0v) is 12.3. The molecule has 1 amide bonds. The molecule has 0 radical (unpaired) electrons. The van der Waals surface area contributed by atoms with E-state index in [1.54, 1.807) is 6.92 Å². The summed E-state index contributed by atoms with van der Waals surface area (Å²) < 4.78 is 26.1. The van der Waals surface area contributed by atoms with Crippen molar-refractivity contribution >= 4 is 33.2 Å². The largest absolute Gasteiger partial charge is 0.478 e. The van der Waals surface area contributed by atoms with Gasteiger partial charge in [-0.3, -0.25) is 4.79 Å². The lowest BCUT2D eigenvalue weighted by molar-refractivity contribution is -0.126. The number of nitrogens with one attached hydrogen (secondary N) is 1. The molecule has 7 nitrogen and oxygen atoms in total. The summed E-state index contributed by atoms with van der Waals surface area (Å²) >= 11 is 0.850. The topological polar surface area (TPSA) is 104 Å². The predicted octanol–water partition coefficient (Wildman–Crippen LogP) is 0.345. The normalized spacial score (nSPS) is 20.6. The molecule has 1 aliphatic heterocycles. The summed E-state index contributed by atoms with van der Waals surface area (Å²) in [5.74, 6) is -1.50. The van der Waals surface area contributed by atoms with Crippen LogP contribution < -0.4 is 5.32 Å². The van der Waals surface area contributed by atoms with E-state index in [0.717, 1.165) is 21.7 Å². The van der Waals surface area contributed by atoms with Crippen LogP contribution in [0, 0.1) is 0 Å². The lowest BCUT2D eigenvalue weighted by Gasteiger charge is -2.32. The Kier molecular flexibility index (Phi) is 4.11. The SMILES string of the molecule is CCC1C(=O)NCCN1S(=O)(=O)c1cc(C(=O)O)cs1. The molecule has 0 saturated carbocycles. The number of carbonyl (C=O) groups is 2. The second-order valence-electron chi connectivity index (χ2n) is 4.29. The first-order chi connectivity index (χ1) is 9.37. The zero-order chi connectivity index (χ0) is 14.9. The minimum Gasteiger partial charge on any atom is -0.478 e. The maximum absolute atomic E-state index is 12.5. The van der Waals surface area contributed by atoms with E-state index in [1.807, 2.05) is 0 Å². The van der Waals surface area contributed by atoms with Gasteiger partial charge < -0.3 is 10.4 Å². The van der Waals surface area contributed by atoms with Crippen molar-refractivity contribution in [3.05, 3.63) is 17.0 Å². The van der Waals surface area contributed by atoms with E-state index >= 15 is 0 Å². The second-order valence-corrected chi connectivity index (χ2v) is 7.32. The second kappa shape index (κ2) is 5.51. The summed E-state index contributed by atoms with van der Waals surface area (Å²) in [4.78, 5) is 22.5. The summed E-state index contributed by atoms with van der Waals surface area (Å²) in [6.45, 7) is 2.17. The number of piperazine rings is 1. The summed E-state index contributed by atoms with van der Waals surface area (Å²) in [5, 5.41) is 12.8. The van der Waals surface area contributed by atoms with Gasteiger partial charge in [0.05, 0.1) is 5.56 Å². The number of carboxylic acids is 1. The van der Waals surface area contributed by atoms with Gasteiger partial charge in [0, 0.05) is 18.5 Å². The monoisotopic (exact) mass is 318 g/mol. The standard InChI is InChI=1S/C11H14N2O5S2/c1-2-8-10(14)12-3-4-13(8)20(17,18)9-5-7(6-19-9)11(15)16/h5-6,8H,2-4H2,1H3,(H,12,14)(H,15,16). The number of sulfonamides is 1. The lowest BCUT2D eigenvalue weighted by Crippen LogP contribution is -2.56. The van der Waals surface area contributed by atoms with E-state index in [0.29, 0.717) is 6.42 Å². The quantitative estimate of drug-likeness (QED) is 0.833. The van der Waals surface area contributed by atoms with Gasteiger partial charge in [0.25, 0.3) is 10.0 Å². The third-order valence-corrected chi connectivity index (χ3v) is 6.38. The molecule has 1 aromatic rings. The highest BCUT2D eigenvalue weighted by Gasteiger charge is 2.38. The number of hydrogen-bond acceptors (Lipinski definition) is 5. The minimum absolute atomic E-state index is 0.0527. The Balaban J connectivity index is 2.37. The van der Waals surface area contributed by atoms with Gasteiger partial charge in [-0.15, -0.1) is 11.3 Å². The number of aromatic carboxylic acids is 1. The minimum atomic E-state index is -3.84. The third kappa shape index (κ3) is 2.56. The van der Waals surface area contributed by atoms with E-state index in [-0.39, 0.29) is 28.8 Å². The van der Waals surface area contributed by atoms with Gasteiger partial charge in [-0.1, -0.05) is 6.92 Å². The molecule has 2 N–H and O–H groups in total. The summed E-state index contributed by atoms with van der Waals surface area (Å²) in [6.07, 6.45) is 0.363. The smallest absolute Gasteiger partial charge is 0.336 e. The maximum atomic E-state index is 12.5. The molecule has 0 aliphatic carbocycles. The molecule has 0 spiro atoms. The van der Waals surface area contributed by atoms with Crippen molar-refractivity contribution in [1.82, 2.24) is 9.62 Å². The van der Waals surface area contributed by atoms with Gasteiger partial charge in [0.1, 0.15) is 10.3 Å². The Bertz CT molecular complexity index is 637. The van der Waals surface area contributed by atoms with Crippen molar-refractivity contribution in [2.45, 2.75) is 23.6 Å². The molecule has 0 bridgehead atoms. The van der Waals surface area contributed by atoms with Crippen LogP contribution in [-0.4, -0.2) is 48.8 Å². The van der Waals surface area contributed by atoms with Crippen molar-refractivity contribution in [1.29, 1.82) is 0 Å². The molecule has 2 rings (SSSR count). The van der Waals surface area contributed by atoms with Gasteiger partial charge in [-0.2, -0.15) is 4.31 Å². The first-order valence-corrected chi connectivity index (χ1v) is 8.31. The van der Waals surface area contributed by atoms with Crippen LogP contribution in [0.2, 0.25) is 0 Å². The highest BCUT2D eigenvalue weighted by atomic mass is 32.2. The van der Waals surface area contributed by atoms with Crippen LogP contribution in [-0.2, 0) is 14.8 Å². The van der Waals surface area contributed by atoms with Crippen LogP contribution >= 0.6 is 11.3 Å². The number of thiophene rings is 1. The Hall–Kier alpha value is -1.45. The fraction of sp³-hybridized carbons (Fsp3) is 0.455. The van der Waals surface area contributed by atoms with E-state index in [2.05, 4.69) is 5.32 Å². The van der Waals surface area contributed by atoms with Gasteiger partial charge in [-0.05, 0) is 12.5 Å². The van der Waals surface area contributed by atoms with Crippen LogP contribution in [0.15, 0.2) is 15.7 Å². The Morgan fingerprint density at radius 1 is 1.60 bits per heavy atom. The molecule has 0 aromatic carbocycles. The lowest BCUT2D eigenvalue weighted by atomic mass is 10.2. The molecule has 2 heterocycles. The van der Waals surface area contributed by atoms with Crippen molar-refractivity contribution in [3.8, 4) is 0 Å². The Labute approximate surface area is 120 Å². The van der Waals surface area contributed by atoms with Crippen LogP contribution in [0.25, 0.3) is 0 Å². The number of amides is 1. The van der Waals surface area contributed by atoms with Crippen LogP contribution in [0.4, 0.5) is 0 Å². The molecule has 1 fully saturated rings. The molecule has 1 unspecified atom stereocenters. The first kappa shape index (κ1) is 14.9. The van der Waals surface area contributed by atoms with E-state index < -0.39 is 22.0 Å². The molecule has 1 saturated heterocycles. The van der Waals surface area contributed by atoms with Crippen molar-refractivity contribution in [2.75, 3.05) is 13.1 Å². The number of carbonyl (C=O) groups excluding carboxylic acids is 1. The fourth-order valence-corrected chi connectivity index (χ4v) is 4.99. The van der Waals surface area contributed by atoms with E-state index in [4.69, 9.17) is 5.11 Å². The van der Waals surface area contributed by atoms with Crippen molar-refractivity contribution < 1.29 is 23.1 Å².